The number of hydrogen-bond acceptors (Lipinski definition) is 7. The van der Waals surface area contributed by atoms with E-state index in [0.717, 1.165) is 35.1 Å². The van der Waals surface area contributed by atoms with Gasteiger partial charge in [0.25, 0.3) is 0 Å². The summed E-state index contributed by atoms with van der Waals surface area (Å²) in [6.45, 7) is 23.1. The predicted molar refractivity (Wildman–Crippen MR) is 209 cm³/mol. The Morgan fingerprint density at radius 2 is 1.84 bits per heavy atom. The Kier molecular flexibility index (Phi) is 21.1. The zero-order chi connectivity index (χ0) is 37.7. The van der Waals surface area contributed by atoms with E-state index >= 15 is 0 Å². The van der Waals surface area contributed by atoms with E-state index in [0.29, 0.717) is 50.7 Å². The minimum atomic E-state index is -0.557. The maximum Gasteiger partial charge on any atom is 0.409 e. The Balaban J connectivity index is 0.00000194. The van der Waals surface area contributed by atoms with Crippen molar-refractivity contribution in [3.8, 4) is 0 Å². The standard InChI is InChI=1S/C34H50ClN5O4.C3H7N.C2H6/c1-8-10-31(43-7)32(41)38-29(13-14-37-23-36-6)28-19-24(3)20-30(26-12-11-25(35)21-27(26)28)39-15-17-40(18-16-39)33(42)44-22-34(4,5)9-2;1-3-4-2;1-2/h11-14,19,21,23,29-31H,3,8-10,15-18,20,22H2,1-2,4-7H3,(H,36,37)(H,38,41);3-4H,1H2,2H3;1-2H3/b14-13+;;. The summed E-state index contributed by atoms with van der Waals surface area (Å²) in [6.07, 6.45) is 11.2. The van der Waals surface area contributed by atoms with E-state index in [9.17, 15) is 9.59 Å². The maximum atomic E-state index is 13.3. The third-order valence-electron chi connectivity index (χ3n) is 8.61. The molecule has 11 heteroatoms. The van der Waals surface area contributed by atoms with Crippen molar-refractivity contribution < 1.29 is 19.1 Å². The number of rotatable bonds is 14. The lowest BCUT2D eigenvalue weighted by atomic mass is 9.91. The second-order valence-corrected chi connectivity index (χ2v) is 13.1. The molecule has 1 saturated heterocycles. The molecular formula is C39H63ClN6O4. The van der Waals surface area contributed by atoms with E-state index in [1.165, 1.54) is 0 Å². The van der Waals surface area contributed by atoms with Crippen LogP contribution in [0.1, 0.15) is 84.4 Å². The Bertz CT molecular complexity index is 1300. The van der Waals surface area contributed by atoms with Gasteiger partial charge in [-0.15, -0.1) is 0 Å². The van der Waals surface area contributed by atoms with Crippen molar-refractivity contribution >= 4 is 35.5 Å². The van der Waals surface area contributed by atoms with Gasteiger partial charge in [0.15, 0.2) is 0 Å². The summed E-state index contributed by atoms with van der Waals surface area (Å²) in [6, 6.07) is 5.49. The number of ether oxygens (including phenoxy) is 2. The first-order valence-electron chi connectivity index (χ1n) is 17.7. The zero-order valence-electron chi connectivity index (χ0n) is 32.0. The van der Waals surface area contributed by atoms with Gasteiger partial charge >= 0.3 is 6.09 Å². The van der Waals surface area contributed by atoms with Crippen LogP contribution in [0, 0.1) is 5.41 Å². The van der Waals surface area contributed by atoms with Crippen LogP contribution in [0.4, 0.5) is 4.79 Å². The van der Waals surface area contributed by atoms with Crippen LogP contribution in [0.5, 0.6) is 0 Å². The Morgan fingerprint density at radius 1 is 1.18 bits per heavy atom. The molecular weight excluding hydrogens is 652 g/mol. The summed E-state index contributed by atoms with van der Waals surface area (Å²) in [5.74, 6) is -0.186. The van der Waals surface area contributed by atoms with Gasteiger partial charge < -0.3 is 30.3 Å². The molecule has 3 atom stereocenters. The summed E-state index contributed by atoms with van der Waals surface area (Å²) in [7, 11) is 5.05. The van der Waals surface area contributed by atoms with Crippen molar-refractivity contribution in [3.05, 3.63) is 77.6 Å². The Hall–Kier alpha value is -3.60. The molecule has 1 aliphatic carbocycles. The van der Waals surface area contributed by atoms with Gasteiger partial charge in [0.05, 0.1) is 19.0 Å². The first-order chi connectivity index (χ1) is 23.9. The highest BCUT2D eigenvalue weighted by atomic mass is 35.5. The largest absolute Gasteiger partial charge is 0.449 e. The molecule has 1 aliphatic heterocycles. The van der Waals surface area contributed by atoms with Crippen molar-refractivity contribution in [3.63, 3.8) is 0 Å². The number of halogens is 1. The Morgan fingerprint density at radius 3 is 2.40 bits per heavy atom. The summed E-state index contributed by atoms with van der Waals surface area (Å²) in [5, 5.41) is 9.51. The van der Waals surface area contributed by atoms with Crippen LogP contribution in [0.3, 0.4) is 0 Å². The molecule has 1 heterocycles. The van der Waals surface area contributed by atoms with E-state index in [2.05, 4.69) is 71.9 Å². The average molecular weight is 715 g/mol. The fraction of sp³-hybridized carbons (Fsp3) is 0.564. The van der Waals surface area contributed by atoms with E-state index in [4.69, 9.17) is 21.1 Å². The zero-order valence-corrected chi connectivity index (χ0v) is 32.7. The topological polar surface area (TPSA) is 108 Å². The van der Waals surface area contributed by atoms with E-state index < -0.39 is 12.1 Å². The second kappa shape index (κ2) is 23.7. The van der Waals surface area contributed by atoms with Gasteiger partial charge in [0.2, 0.25) is 5.91 Å². The monoisotopic (exact) mass is 714 g/mol. The van der Waals surface area contributed by atoms with E-state index in [1.54, 1.807) is 37.8 Å². The van der Waals surface area contributed by atoms with Crippen LogP contribution in [0.25, 0.3) is 5.57 Å². The third kappa shape index (κ3) is 14.3. The minimum absolute atomic E-state index is 0.0261. The lowest BCUT2D eigenvalue weighted by Gasteiger charge is -2.39. The van der Waals surface area contributed by atoms with Crippen molar-refractivity contribution in [2.75, 3.05) is 54.0 Å². The molecule has 0 spiro atoms. The number of amides is 2. The number of fused-ring (bicyclic) bond motifs is 1. The smallest absolute Gasteiger partial charge is 0.409 e. The lowest BCUT2D eigenvalue weighted by molar-refractivity contribution is -0.131. The molecule has 0 aromatic heterocycles. The number of carbonyl (C=O) groups is 2. The minimum Gasteiger partial charge on any atom is -0.449 e. The number of allylic oxidation sites excluding steroid dienone is 1. The molecule has 1 fully saturated rings. The molecule has 0 radical (unpaired) electrons. The first-order valence-corrected chi connectivity index (χ1v) is 18.1. The quantitative estimate of drug-likeness (QED) is 0.137. The number of benzene rings is 1. The molecule has 3 N–H and O–H groups in total. The SMILES string of the molecule is C=C1C=C(C(/C=C/NC=NC)NC(=O)C(CCC)OC)c2cc(Cl)ccc2C(N2CCN(C(=O)OCC(C)(C)CC)CC2)C1.C=CNC.CC. The van der Waals surface area contributed by atoms with Crippen molar-refractivity contribution in [2.45, 2.75) is 85.4 Å². The number of piperazine rings is 1. The van der Waals surface area contributed by atoms with Crippen molar-refractivity contribution in [1.82, 2.24) is 25.8 Å². The van der Waals surface area contributed by atoms with Crippen LogP contribution in [0.15, 0.2) is 66.5 Å². The number of hydrogen-bond donors (Lipinski definition) is 3. The fourth-order valence-electron chi connectivity index (χ4n) is 5.40. The molecule has 3 unspecified atom stereocenters. The van der Waals surface area contributed by atoms with Crippen molar-refractivity contribution in [1.29, 1.82) is 0 Å². The van der Waals surface area contributed by atoms with Gasteiger partial charge in [-0.05, 0) is 65.8 Å². The van der Waals surface area contributed by atoms with Crippen LogP contribution >= 0.6 is 11.6 Å². The molecule has 0 bridgehead atoms. The van der Waals surface area contributed by atoms with Crippen LogP contribution in [-0.4, -0.2) is 94.3 Å². The first kappa shape index (κ1) is 44.4. The number of nitrogens with one attached hydrogen (secondary N) is 3. The van der Waals surface area contributed by atoms with E-state index in [1.807, 2.05) is 46.0 Å². The van der Waals surface area contributed by atoms with Gasteiger partial charge in [-0.25, -0.2) is 4.79 Å². The highest BCUT2D eigenvalue weighted by Crippen LogP contribution is 2.40. The fourth-order valence-corrected chi connectivity index (χ4v) is 5.57. The molecule has 50 heavy (non-hydrogen) atoms. The number of nitrogens with zero attached hydrogens (tertiary/aromatic N) is 3. The molecule has 1 aromatic rings. The molecule has 10 nitrogen and oxygen atoms in total. The molecule has 2 amide bonds. The average Bonchev–Trinajstić information content (AvgIpc) is 3.27. The third-order valence-corrected chi connectivity index (χ3v) is 8.85. The highest BCUT2D eigenvalue weighted by molar-refractivity contribution is 6.30. The summed E-state index contributed by atoms with van der Waals surface area (Å²) in [4.78, 5) is 34.3. The highest BCUT2D eigenvalue weighted by Gasteiger charge is 2.33. The van der Waals surface area contributed by atoms with Crippen LogP contribution < -0.4 is 16.0 Å². The molecule has 3 rings (SSSR count). The lowest BCUT2D eigenvalue weighted by Crippen LogP contribution is -2.50. The number of aliphatic imine (C=N–C) groups is 1. The summed E-state index contributed by atoms with van der Waals surface area (Å²) in [5.41, 5.74) is 3.84. The number of carbonyl (C=O) groups excluding carboxylic acids is 2. The van der Waals surface area contributed by atoms with E-state index in [-0.39, 0.29) is 23.5 Å². The number of methoxy groups -OCH3 is 1. The van der Waals surface area contributed by atoms with Gasteiger partial charge in [-0.3, -0.25) is 14.7 Å². The Labute approximate surface area is 307 Å². The molecule has 0 saturated carbocycles. The molecule has 2 aliphatic rings. The normalized spacial score (nSPS) is 17.6. The van der Waals surface area contributed by atoms with Gasteiger partial charge in [-0.2, -0.15) is 0 Å². The van der Waals surface area contributed by atoms with Gasteiger partial charge in [0.1, 0.15) is 6.10 Å². The van der Waals surface area contributed by atoms with Crippen LogP contribution in [0.2, 0.25) is 5.02 Å². The van der Waals surface area contributed by atoms with Crippen molar-refractivity contribution in [2.24, 2.45) is 10.4 Å². The predicted octanol–water partition coefficient (Wildman–Crippen LogP) is 7.35. The molecule has 1 aromatic carbocycles. The molecule has 280 valence electrons. The summed E-state index contributed by atoms with van der Waals surface area (Å²) < 4.78 is 11.2. The maximum absolute atomic E-state index is 13.3. The summed E-state index contributed by atoms with van der Waals surface area (Å²) >= 11 is 6.58. The van der Waals surface area contributed by atoms with Crippen LogP contribution in [-0.2, 0) is 14.3 Å². The van der Waals surface area contributed by atoms with Gasteiger partial charge in [0, 0.05) is 64.6 Å². The second-order valence-electron chi connectivity index (χ2n) is 12.7. The van der Waals surface area contributed by atoms with Gasteiger partial charge in [-0.1, -0.05) is 90.4 Å².